The number of carboxylic acid groups (broad SMARTS) is 1. The maximum atomic E-state index is 12.4. The number of aromatic nitrogens is 1. The molecule has 1 atom stereocenters. The average molecular weight is 478 g/mol. The first-order chi connectivity index (χ1) is 16.5. The molecule has 0 radical (unpaired) electrons. The number of benzene rings is 2. The van der Waals surface area contributed by atoms with Crippen molar-refractivity contribution in [2.75, 3.05) is 11.9 Å². The number of anilines is 1. The highest BCUT2D eigenvalue weighted by Gasteiger charge is 2.29. The lowest BCUT2D eigenvalue weighted by molar-refractivity contribution is -0.139. The van der Waals surface area contributed by atoms with E-state index < -0.39 is 24.0 Å². The van der Waals surface area contributed by atoms with E-state index in [-0.39, 0.29) is 29.0 Å². The third-order valence-corrected chi connectivity index (χ3v) is 6.46. The smallest absolute Gasteiger partial charge is 0.413 e. The number of nitrogens with one attached hydrogen (secondary N) is 2. The monoisotopic (exact) mass is 477 g/mol. The zero-order chi connectivity index (χ0) is 24.1. The van der Waals surface area contributed by atoms with Gasteiger partial charge in [0.2, 0.25) is 0 Å². The number of allylic oxidation sites excluding steroid dienone is 1. The first kappa shape index (κ1) is 23.2. The molecule has 0 spiro atoms. The van der Waals surface area contributed by atoms with Gasteiger partial charge in [-0.25, -0.2) is 14.6 Å². The van der Waals surface area contributed by atoms with Crippen molar-refractivity contribution >= 4 is 34.4 Å². The number of carbonyl (C=O) groups is 3. The standard InChI is InChI=1S/C25H23N3O5S/c1-2-3-12-20(23(30)31)27-22(29)21-13-26-24(34-21)28-25(32)33-14-19-17-10-6-4-8-15(17)16-9-5-7-11-18(16)19/h2,4-11,13,19-20H,1,3,12,14H2,(H,27,29)(H,30,31)(H,26,28,32). The van der Waals surface area contributed by atoms with Gasteiger partial charge in [0.15, 0.2) is 5.13 Å². The van der Waals surface area contributed by atoms with E-state index in [2.05, 4.69) is 34.3 Å². The van der Waals surface area contributed by atoms with E-state index in [1.165, 1.54) is 6.20 Å². The minimum atomic E-state index is -1.13. The summed E-state index contributed by atoms with van der Waals surface area (Å²) in [6.07, 6.45) is 2.87. The molecule has 0 aliphatic heterocycles. The summed E-state index contributed by atoms with van der Waals surface area (Å²) < 4.78 is 5.48. The van der Waals surface area contributed by atoms with Gasteiger partial charge in [0.05, 0.1) is 6.20 Å². The van der Waals surface area contributed by atoms with Crippen molar-refractivity contribution in [3.63, 3.8) is 0 Å². The molecule has 2 aromatic carbocycles. The molecule has 1 heterocycles. The Morgan fingerprint density at radius 1 is 1.12 bits per heavy atom. The van der Waals surface area contributed by atoms with Gasteiger partial charge in [-0.3, -0.25) is 10.1 Å². The Bertz CT molecular complexity index is 1190. The van der Waals surface area contributed by atoms with Crippen LogP contribution in [0.5, 0.6) is 0 Å². The lowest BCUT2D eigenvalue weighted by Crippen LogP contribution is -2.40. The topological polar surface area (TPSA) is 118 Å². The Balaban J connectivity index is 1.35. The molecular weight excluding hydrogens is 454 g/mol. The van der Waals surface area contributed by atoms with Gasteiger partial charge in [-0.15, -0.1) is 6.58 Å². The third-order valence-electron chi connectivity index (χ3n) is 5.55. The average Bonchev–Trinajstić information content (AvgIpc) is 3.43. The molecule has 3 N–H and O–H groups in total. The number of amides is 2. The summed E-state index contributed by atoms with van der Waals surface area (Å²) in [7, 11) is 0. The molecule has 9 heteroatoms. The van der Waals surface area contributed by atoms with Crippen LogP contribution in [0, 0.1) is 0 Å². The quantitative estimate of drug-likeness (QED) is 0.386. The minimum absolute atomic E-state index is 0.0701. The number of nitrogens with zero attached hydrogens (tertiary/aromatic N) is 1. The Hall–Kier alpha value is -3.98. The fourth-order valence-corrected chi connectivity index (χ4v) is 4.64. The lowest BCUT2D eigenvalue weighted by atomic mass is 9.98. The largest absolute Gasteiger partial charge is 0.480 e. The highest BCUT2D eigenvalue weighted by Crippen LogP contribution is 2.44. The Labute approximate surface area is 200 Å². The second-order valence-electron chi connectivity index (χ2n) is 7.71. The molecule has 1 unspecified atom stereocenters. The summed E-state index contributed by atoms with van der Waals surface area (Å²) >= 11 is 0.934. The number of aliphatic carboxylic acids is 1. The van der Waals surface area contributed by atoms with E-state index in [9.17, 15) is 19.5 Å². The number of hydrogen-bond acceptors (Lipinski definition) is 6. The van der Waals surface area contributed by atoms with Crippen molar-refractivity contribution in [1.29, 1.82) is 0 Å². The molecule has 2 amide bonds. The van der Waals surface area contributed by atoms with E-state index in [4.69, 9.17) is 4.74 Å². The first-order valence-electron chi connectivity index (χ1n) is 10.7. The molecule has 8 nitrogen and oxygen atoms in total. The van der Waals surface area contributed by atoms with Gasteiger partial charge in [0, 0.05) is 5.92 Å². The van der Waals surface area contributed by atoms with Gasteiger partial charge in [-0.1, -0.05) is 65.9 Å². The van der Waals surface area contributed by atoms with E-state index in [0.717, 1.165) is 33.6 Å². The molecule has 1 aliphatic rings. The molecule has 0 fully saturated rings. The molecule has 34 heavy (non-hydrogen) atoms. The van der Waals surface area contributed by atoms with Gasteiger partial charge in [-0.05, 0) is 35.1 Å². The van der Waals surface area contributed by atoms with Crippen molar-refractivity contribution in [1.82, 2.24) is 10.3 Å². The molecule has 1 aliphatic carbocycles. The normalized spacial score (nSPS) is 12.8. The van der Waals surface area contributed by atoms with Crippen LogP contribution in [-0.2, 0) is 9.53 Å². The lowest BCUT2D eigenvalue weighted by Gasteiger charge is -2.14. The first-order valence-corrected chi connectivity index (χ1v) is 11.5. The van der Waals surface area contributed by atoms with Crippen molar-refractivity contribution in [2.24, 2.45) is 0 Å². The molecule has 174 valence electrons. The number of carbonyl (C=O) groups excluding carboxylic acids is 2. The van der Waals surface area contributed by atoms with Gasteiger partial charge >= 0.3 is 12.1 Å². The van der Waals surface area contributed by atoms with Crippen LogP contribution in [0.15, 0.2) is 67.4 Å². The van der Waals surface area contributed by atoms with Crippen LogP contribution in [0.1, 0.15) is 39.6 Å². The van der Waals surface area contributed by atoms with Crippen LogP contribution in [0.4, 0.5) is 9.93 Å². The van der Waals surface area contributed by atoms with Crippen molar-refractivity contribution in [3.8, 4) is 11.1 Å². The zero-order valence-electron chi connectivity index (χ0n) is 18.2. The number of fused-ring (bicyclic) bond motifs is 3. The third kappa shape index (κ3) is 4.99. The van der Waals surface area contributed by atoms with Gasteiger partial charge in [-0.2, -0.15) is 0 Å². The van der Waals surface area contributed by atoms with Crippen LogP contribution in [0.25, 0.3) is 11.1 Å². The molecule has 0 saturated heterocycles. The van der Waals surface area contributed by atoms with Crippen LogP contribution in [0.3, 0.4) is 0 Å². The molecular formula is C25H23N3O5S. The number of rotatable bonds is 9. The van der Waals surface area contributed by atoms with E-state index >= 15 is 0 Å². The van der Waals surface area contributed by atoms with Crippen LogP contribution < -0.4 is 10.6 Å². The number of carboxylic acids is 1. The van der Waals surface area contributed by atoms with Crippen molar-refractivity contribution < 1.29 is 24.2 Å². The molecule has 4 rings (SSSR count). The highest BCUT2D eigenvalue weighted by molar-refractivity contribution is 7.17. The van der Waals surface area contributed by atoms with Crippen LogP contribution in [-0.4, -0.2) is 40.7 Å². The zero-order valence-corrected chi connectivity index (χ0v) is 19.0. The van der Waals surface area contributed by atoms with Crippen LogP contribution >= 0.6 is 11.3 Å². The van der Waals surface area contributed by atoms with E-state index in [1.54, 1.807) is 6.08 Å². The maximum absolute atomic E-state index is 12.4. The fraction of sp³-hybridized carbons (Fsp3) is 0.200. The molecule has 1 aromatic heterocycles. The Morgan fingerprint density at radius 3 is 2.38 bits per heavy atom. The molecule has 0 bridgehead atoms. The second kappa shape index (κ2) is 10.3. The van der Waals surface area contributed by atoms with Gasteiger partial charge in [0.25, 0.3) is 5.91 Å². The summed E-state index contributed by atoms with van der Waals surface area (Å²) in [5.74, 6) is -1.77. The predicted molar refractivity (Wildman–Crippen MR) is 129 cm³/mol. The number of hydrogen-bond donors (Lipinski definition) is 3. The van der Waals surface area contributed by atoms with Crippen LogP contribution in [0.2, 0.25) is 0 Å². The van der Waals surface area contributed by atoms with Gasteiger partial charge in [0.1, 0.15) is 17.5 Å². The molecule has 3 aromatic rings. The highest BCUT2D eigenvalue weighted by atomic mass is 32.1. The number of ether oxygens (including phenoxy) is 1. The van der Waals surface area contributed by atoms with E-state index in [0.29, 0.717) is 6.42 Å². The van der Waals surface area contributed by atoms with E-state index in [1.807, 2.05) is 36.4 Å². The van der Waals surface area contributed by atoms with Crippen molar-refractivity contribution in [2.45, 2.75) is 24.8 Å². The molecule has 0 saturated carbocycles. The summed E-state index contributed by atoms with van der Waals surface area (Å²) in [5, 5.41) is 14.4. The summed E-state index contributed by atoms with van der Waals surface area (Å²) in [5.41, 5.74) is 4.48. The predicted octanol–water partition coefficient (Wildman–Crippen LogP) is 4.65. The minimum Gasteiger partial charge on any atom is -0.480 e. The Morgan fingerprint density at radius 2 is 1.76 bits per heavy atom. The summed E-state index contributed by atoms with van der Waals surface area (Å²) in [4.78, 5) is 40.3. The summed E-state index contributed by atoms with van der Waals surface area (Å²) in [6.45, 7) is 3.71. The number of thiazole rings is 1. The summed E-state index contributed by atoms with van der Waals surface area (Å²) in [6, 6.07) is 15.0. The van der Waals surface area contributed by atoms with Crippen molar-refractivity contribution in [3.05, 3.63) is 83.4 Å². The Kier molecular flexibility index (Phi) is 7.03. The fourth-order valence-electron chi connectivity index (χ4n) is 3.93. The SMILES string of the molecule is C=CCCC(NC(=O)c1cnc(NC(=O)OCC2c3ccccc3-c3ccccc32)s1)C(=O)O. The second-order valence-corrected chi connectivity index (χ2v) is 8.74. The maximum Gasteiger partial charge on any atom is 0.413 e. The van der Waals surface area contributed by atoms with Gasteiger partial charge < -0.3 is 15.2 Å².